The molecule has 5 heteroatoms. The Morgan fingerprint density at radius 2 is 2.17 bits per heavy atom. The lowest BCUT2D eigenvalue weighted by Gasteiger charge is -2.21. The van der Waals surface area contributed by atoms with Gasteiger partial charge in [0.2, 0.25) is 0 Å². The topological polar surface area (TPSA) is 53.3 Å². The van der Waals surface area contributed by atoms with Crippen LogP contribution in [0.4, 0.5) is 0 Å². The highest BCUT2D eigenvalue weighted by molar-refractivity contribution is 7.07. The number of hydrogen-bond donors (Lipinski definition) is 0. The largest absolute Gasteiger partial charge is 0.484 e. The van der Waals surface area contributed by atoms with E-state index in [4.69, 9.17) is 10.00 Å². The minimum absolute atomic E-state index is 0.0290. The first-order valence-electron chi connectivity index (χ1n) is 8.07. The fraction of sp³-hybridized carbons (Fsp3) is 0.368. The molecule has 3 rings (SSSR count). The van der Waals surface area contributed by atoms with Crippen molar-refractivity contribution < 1.29 is 9.53 Å². The first-order valence-corrected chi connectivity index (χ1v) is 9.02. The highest BCUT2D eigenvalue weighted by atomic mass is 32.1. The van der Waals surface area contributed by atoms with Crippen molar-refractivity contribution in [2.24, 2.45) is 0 Å². The van der Waals surface area contributed by atoms with Crippen LogP contribution in [0.3, 0.4) is 0 Å². The Hall–Kier alpha value is -2.32. The Morgan fingerprint density at radius 3 is 2.83 bits per heavy atom. The van der Waals surface area contributed by atoms with Gasteiger partial charge in [-0.25, -0.2) is 0 Å². The number of amides is 1. The van der Waals surface area contributed by atoms with Gasteiger partial charge in [-0.15, -0.1) is 0 Å². The number of carbonyl (C=O) groups is 1. The molecule has 0 unspecified atom stereocenters. The summed E-state index contributed by atoms with van der Waals surface area (Å²) in [6.45, 7) is 2.92. The van der Waals surface area contributed by atoms with Crippen LogP contribution in [-0.4, -0.2) is 30.0 Å². The van der Waals surface area contributed by atoms with Gasteiger partial charge in [-0.2, -0.15) is 16.6 Å². The molecule has 1 aromatic carbocycles. The second-order valence-corrected chi connectivity index (χ2v) is 6.93. The Labute approximate surface area is 146 Å². The maximum absolute atomic E-state index is 12.5. The molecule has 1 aliphatic heterocycles. The zero-order valence-electron chi connectivity index (χ0n) is 13.6. The summed E-state index contributed by atoms with van der Waals surface area (Å²) in [6.07, 6.45) is 1.39. The minimum atomic E-state index is 0.0290. The predicted octanol–water partition coefficient (Wildman–Crippen LogP) is 3.60. The third kappa shape index (κ3) is 3.77. The molecule has 2 heterocycles. The molecule has 4 nitrogen and oxygen atoms in total. The van der Waals surface area contributed by atoms with Crippen molar-refractivity contribution in [1.29, 1.82) is 5.26 Å². The molecule has 0 saturated carbocycles. The summed E-state index contributed by atoms with van der Waals surface area (Å²) < 4.78 is 5.62. The maximum atomic E-state index is 12.5. The van der Waals surface area contributed by atoms with Crippen molar-refractivity contribution in [3.63, 3.8) is 0 Å². The van der Waals surface area contributed by atoms with Crippen LogP contribution >= 0.6 is 11.3 Å². The van der Waals surface area contributed by atoms with Crippen molar-refractivity contribution in [3.8, 4) is 11.8 Å². The van der Waals surface area contributed by atoms with E-state index in [1.165, 1.54) is 5.56 Å². The van der Waals surface area contributed by atoms with Crippen LogP contribution in [0, 0.1) is 11.3 Å². The van der Waals surface area contributed by atoms with Gasteiger partial charge in [0.05, 0.1) is 12.5 Å². The molecule has 1 saturated heterocycles. The van der Waals surface area contributed by atoms with Crippen molar-refractivity contribution in [2.75, 3.05) is 13.2 Å². The van der Waals surface area contributed by atoms with Gasteiger partial charge in [0, 0.05) is 18.5 Å². The highest BCUT2D eigenvalue weighted by Crippen LogP contribution is 2.32. The van der Waals surface area contributed by atoms with Crippen LogP contribution in [0.25, 0.3) is 0 Å². The number of nitriles is 1. The molecule has 1 aliphatic rings. The van der Waals surface area contributed by atoms with Crippen LogP contribution in [0.15, 0.2) is 41.1 Å². The number of carbonyl (C=O) groups excluding carboxylic acids is 1. The lowest BCUT2D eigenvalue weighted by atomic mass is 10.00. The van der Waals surface area contributed by atoms with Gasteiger partial charge in [-0.1, -0.05) is 12.1 Å². The predicted molar refractivity (Wildman–Crippen MR) is 94.1 cm³/mol. The van der Waals surface area contributed by atoms with Crippen LogP contribution in [0.1, 0.15) is 30.4 Å². The summed E-state index contributed by atoms with van der Waals surface area (Å²) in [7, 11) is 0. The van der Waals surface area contributed by atoms with E-state index in [0.717, 1.165) is 18.5 Å². The molecule has 2 atom stereocenters. The summed E-state index contributed by atoms with van der Waals surface area (Å²) >= 11 is 1.70. The van der Waals surface area contributed by atoms with Gasteiger partial charge in [0.15, 0.2) is 6.61 Å². The van der Waals surface area contributed by atoms with E-state index in [0.29, 0.717) is 18.1 Å². The zero-order valence-corrected chi connectivity index (χ0v) is 14.5. The third-order valence-corrected chi connectivity index (χ3v) is 5.18. The van der Waals surface area contributed by atoms with E-state index < -0.39 is 0 Å². The van der Waals surface area contributed by atoms with Gasteiger partial charge in [-0.05, 0) is 53.4 Å². The minimum Gasteiger partial charge on any atom is -0.484 e. The average Bonchev–Trinajstić information content (AvgIpc) is 3.23. The van der Waals surface area contributed by atoms with Crippen LogP contribution < -0.4 is 4.74 Å². The van der Waals surface area contributed by atoms with E-state index in [1.54, 1.807) is 11.3 Å². The summed E-state index contributed by atoms with van der Waals surface area (Å²) in [5.74, 6) is 1.12. The number of benzene rings is 1. The molecular formula is C19H20N2O2S. The zero-order chi connectivity index (χ0) is 16.9. The number of rotatable bonds is 5. The molecule has 0 spiro atoms. The fourth-order valence-corrected chi connectivity index (χ4v) is 3.89. The van der Waals surface area contributed by atoms with Crippen LogP contribution in [0.2, 0.25) is 0 Å². The van der Waals surface area contributed by atoms with Gasteiger partial charge in [0.25, 0.3) is 5.91 Å². The molecule has 1 fully saturated rings. The molecule has 0 radical (unpaired) electrons. The summed E-state index contributed by atoms with van der Waals surface area (Å²) in [5, 5.41) is 12.9. The van der Waals surface area contributed by atoms with Crippen molar-refractivity contribution in [3.05, 3.63) is 52.2 Å². The molecule has 0 N–H and O–H groups in total. The first-order chi connectivity index (χ1) is 11.7. The van der Waals surface area contributed by atoms with E-state index in [9.17, 15) is 4.79 Å². The highest BCUT2D eigenvalue weighted by Gasteiger charge is 2.33. The van der Waals surface area contributed by atoms with Gasteiger partial charge in [-0.3, -0.25) is 4.79 Å². The molecule has 2 aromatic rings. The molecule has 0 bridgehead atoms. The SMILES string of the molecule is C[C@H]1C[C@H](c2ccsc2)CN1C(=O)COc1ccc(CC#N)cc1. The number of thiophene rings is 1. The third-order valence-electron chi connectivity index (χ3n) is 4.48. The Morgan fingerprint density at radius 1 is 1.38 bits per heavy atom. The second-order valence-electron chi connectivity index (χ2n) is 6.15. The fourth-order valence-electron chi connectivity index (χ4n) is 3.15. The Kier molecular flexibility index (Phi) is 5.17. The number of likely N-dealkylation sites (tertiary alicyclic amines) is 1. The molecule has 124 valence electrons. The summed E-state index contributed by atoms with van der Waals surface area (Å²) in [4.78, 5) is 14.4. The monoisotopic (exact) mass is 340 g/mol. The Balaban J connectivity index is 1.54. The molecule has 24 heavy (non-hydrogen) atoms. The molecule has 1 aromatic heterocycles. The normalized spacial score (nSPS) is 19.9. The Bertz CT molecular complexity index is 719. The van der Waals surface area contributed by atoms with E-state index >= 15 is 0 Å². The summed E-state index contributed by atoms with van der Waals surface area (Å²) in [5.41, 5.74) is 2.28. The summed E-state index contributed by atoms with van der Waals surface area (Å²) in [6, 6.07) is 11.8. The van der Waals surface area contributed by atoms with Crippen molar-refractivity contribution >= 4 is 17.2 Å². The van der Waals surface area contributed by atoms with Crippen molar-refractivity contribution in [2.45, 2.75) is 31.7 Å². The lowest BCUT2D eigenvalue weighted by Crippen LogP contribution is -2.37. The van der Waals surface area contributed by atoms with Gasteiger partial charge < -0.3 is 9.64 Å². The standard InChI is InChI=1S/C19H20N2O2S/c1-14-10-17(16-7-9-24-13-16)11-21(14)19(22)12-23-18-4-2-15(3-5-18)6-8-20/h2-5,7,9,13-14,17H,6,10-12H2,1H3/t14-,17-/m0/s1. The van der Waals surface area contributed by atoms with Crippen LogP contribution in [-0.2, 0) is 11.2 Å². The number of hydrogen-bond acceptors (Lipinski definition) is 4. The van der Waals surface area contributed by atoms with Gasteiger partial charge >= 0.3 is 0 Å². The smallest absolute Gasteiger partial charge is 0.260 e. The quantitative estimate of drug-likeness (QED) is 0.836. The van der Waals surface area contributed by atoms with E-state index in [1.807, 2.05) is 29.2 Å². The van der Waals surface area contributed by atoms with Crippen LogP contribution in [0.5, 0.6) is 5.75 Å². The maximum Gasteiger partial charge on any atom is 0.260 e. The average molecular weight is 340 g/mol. The first kappa shape index (κ1) is 16.5. The van der Waals surface area contributed by atoms with Crippen molar-refractivity contribution in [1.82, 2.24) is 4.90 Å². The van der Waals surface area contributed by atoms with Gasteiger partial charge in [0.1, 0.15) is 5.75 Å². The second kappa shape index (κ2) is 7.50. The van der Waals surface area contributed by atoms with E-state index in [2.05, 4.69) is 29.8 Å². The molecule has 0 aliphatic carbocycles. The number of ether oxygens (including phenoxy) is 1. The lowest BCUT2D eigenvalue weighted by molar-refractivity contribution is -0.133. The molecule has 1 amide bonds. The molecular weight excluding hydrogens is 320 g/mol. The number of nitrogens with zero attached hydrogens (tertiary/aromatic N) is 2. The van der Waals surface area contributed by atoms with E-state index in [-0.39, 0.29) is 18.6 Å².